The number of allylic oxidation sites excluding steroid dienone is 2. The molecular weight excluding hydrogens is 671 g/mol. The Hall–Kier alpha value is -6.96. The second-order valence-corrected chi connectivity index (χ2v) is 13.7. The molecule has 0 saturated carbocycles. The molecule has 0 fully saturated rings. The highest BCUT2D eigenvalue weighted by Crippen LogP contribution is 2.45. The number of furan rings is 1. The number of imidazole rings is 1. The maximum atomic E-state index is 6.83. The van der Waals surface area contributed by atoms with Crippen LogP contribution in [-0.2, 0) is 0 Å². The van der Waals surface area contributed by atoms with Crippen LogP contribution < -0.4 is 0 Å². The molecule has 11 aromatic rings. The number of fused-ring (bicyclic) bond motifs is 11. The lowest BCUT2D eigenvalue weighted by Crippen LogP contribution is -1.98. The van der Waals surface area contributed by atoms with Gasteiger partial charge in [-0.2, -0.15) is 0 Å². The molecule has 0 unspecified atom stereocenters. The van der Waals surface area contributed by atoms with E-state index in [2.05, 4.69) is 109 Å². The molecule has 7 heteroatoms. The standard InChI is InChI=1S/C42H23N5OS.C4H6/c1-2-12-24(13-3-1)40-45-36-26-15-5-9-23-34(26)49-39(36)37(46-40)29-18-10-16-27-35-28(17-11-22-33(35)48-38(27)29)42-43-30-19-6-4-14-25(30)41-44-31-20-7-8-21-32(31)47(41)42;1-3-4-2/h1-23H;3-4H,1-2H2. The smallest absolute Gasteiger partial charge is 0.160 e. The zero-order valence-corrected chi connectivity index (χ0v) is 29.2. The van der Waals surface area contributed by atoms with Gasteiger partial charge in [0.05, 0.1) is 32.5 Å². The molecule has 0 bridgehead atoms. The van der Waals surface area contributed by atoms with Crippen molar-refractivity contribution >= 4 is 81.2 Å². The molecule has 0 aliphatic carbocycles. The number of rotatable bonds is 4. The van der Waals surface area contributed by atoms with Crippen molar-refractivity contribution in [1.29, 1.82) is 0 Å². The van der Waals surface area contributed by atoms with E-state index in [0.29, 0.717) is 5.82 Å². The molecule has 0 spiro atoms. The third-order valence-electron chi connectivity index (χ3n) is 9.58. The Morgan fingerprint density at radius 1 is 0.585 bits per heavy atom. The van der Waals surface area contributed by atoms with Crippen LogP contribution in [0.1, 0.15) is 0 Å². The van der Waals surface area contributed by atoms with Crippen LogP contribution in [0, 0.1) is 0 Å². The number of thiophene rings is 1. The normalized spacial score (nSPS) is 11.5. The highest BCUT2D eigenvalue weighted by Gasteiger charge is 2.23. The van der Waals surface area contributed by atoms with Crippen molar-refractivity contribution in [3.63, 3.8) is 0 Å². The Balaban J connectivity index is 0.000000835. The summed E-state index contributed by atoms with van der Waals surface area (Å²) in [4.78, 5) is 20.7. The van der Waals surface area contributed by atoms with Gasteiger partial charge in [-0.15, -0.1) is 11.3 Å². The summed E-state index contributed by atoms with van der Waals surface area (Å²) >= 11 is 1.72. The fraction of sp³-hybridized carbons (Fsp3) is 0. The maximum Gasteiger partial charge on any atom is 0.160 e. The summed E-state index contributed by atoms with van der Waals surface area (Å²) in [6, 6.07) is 47.7. The van der Waals surface area contributed by atoms with Crippen molar-refractivity contribution in [2.24, 2.45) is 0 Å². The maximum absolute atomic E-state index is 6.83. The van der Waals surface area contributed by atoms with Crippen LogP contribution in [0.2, 0.25) is 0 Å². The first-order chi connectivity index (χ1) is 26.2. The van der Waals surface area contributed by atoms with Crippen molar-refractivity contribution in [1.82, 2.24) is 24.3 Å². The summed E-state index contributed by atoms with van der Waals surface area (Å²) in [6.07, 6.45) is 3.28. The zero-order chi connectivity index (χ0) is 35.5. The zero-order valence-electron chi connectivity index (χ0n) is 28.4. The van der Waals surface area contributed by atoms with Gasteiger partial charge in [0, 0.05) is 42.9 Å². The SMILES string of the molecule is C=CC=C.c1ccc(-c2nc(-c3cccc4c3oc3cccc(-c5nc6ccccc6c6nc7ccccc7n56)c34)c3sc4ccccc4c3n2)cc1. The van der Waals surface area contributed by atoms with E-state index in [-0.39, 0.29) is 0 Å². The lowest BCUT2D eigenvalue weighted by Gasteiger charge is -2.10. The van der Waals surface area contributed by atoms with Gasteiger partial charge in [-0.25, -0.2) is 19.9 Å². The quantitative estimate of drug-likeness (QED) is 0.171. The topological polar surface area (TPSA) is 69.1 Å². The van der Waals surface area contributed by atoms with Crippen LogP contribution in [-0.4, -0.2) is 24.3 Å². The lowest BCUT2D eigenvalue weighted by molar-refractivity contribution is 0.670. The summed E-state index contributed by atoms with van der Waals surface area (Å²) < 4.78 is 11.2. The molecule has 0 aliphatic rings. The van der Waals surface area contributed by atoms with Gasteiger partial charge in [0.25, 0.3) is 0 Å². The van der Waals surface area contributed by atoms with Crippen LogP contribution in [0.4, 0.5) is 0 Å². The molecule has 6 nitrogen and oxygen atoms in total. The van der Waals surface area contributed by atoms with Crippen LogP contribution in [0.3, 0.4) is 0 Å². The molecule has 11 rings (SSSR count). The van der Waals surface area contributed by atoms with Crippen LogP contribution >= 0.6 is 11.3 Å². The molecule has 6 aromatic carbocycles. The molecule has 0 radical (unpaired) electrons. The Labute approximate surface area is 307 Å². The van der Waals surface area contributed by atoms with E-state index in [1.807, 2.05) is 48.5 Å². The number of nitrogens with zero attached hydrogens (tertiary/aromatic N) is 5. The predicted molar refractivity (Wildman–Crippen MR) is 220 cm³/mol. The number of benzene rings is 6. The van der Waals surface area contributed by atoms with E-state index < -0.39 is 0 Å². The molecule has 0 aliphatic heterocycles. The van der Waals surface area contributed by atoms with Crippen molar-refractivity contribution in [2.75, 3.05) is 0 Å². The van der Waals surface area contributed by atoms with Gasteiger partial charge in [-0.1, -0.05) is 122 Å². The van der Waals surface area contributed by atoms with E-state index in [1.54, 1.807) is 23.5 Å². The number of hydrogen-bond donors (Lipinski definition) is 0. The molecule has 0 N–H and O–H groups in total. The third kappa shape index (κ3) is 4.86. The summed E-state index contributed by atoms with van der Waals surface area (Å²) in [7, 11) is 0. The molecule has 0 saturated heterocycles. The van der Waals surface area contributed by atoms with Gasteiger partial charge < -0.3 is 4.42 Å². The Bertz CT molecular complexity index is 3220. The Kier molecular flexibility index (Phi) is 7.19. The number of para-hydroxylation sites is 4. The number of aromatic nitrogens is 5. The third-order valence-corrected chi connectivity index (χ3v) is 10.7. The predicted octanol–water partition coefficient (Wildman–Crippen LogP) is 12.5. The molecule has 0 atom stereocenters. The fourth-order valence-corrected chi connectivity index (χ4v) is 8.38. The minimum absolute atomic E-state index is 0.690. The second-order valence-electron chi connectivity index (χ2n) is 12.7. The summed E-state index contributed by atoms with van der Waals surface area (Å²) in [5.74, 6) is 1.51. The molecule has 5 aromatic heterocycles. The Morgan fingerprint density at radius 3 is 2.13 bits per heavy atom. The van der Waals surface area contributed by atoms with Crippen molar-refractivity contribution in [3.8, 4) is 34.0 Å². The summed E-state index contributed by atoms with van der Waals surface area (Å²) in [5.41, 5.74) is 9.99. The highest BCUT2D eigenvalue weighted by atomic mass is 32.1. The molecule has 250 valence electrons. The van der Waals surface area contributed by atoms with Gasteiger partial charge in [-0.05, 0) is 42.5 Å². The Morgan fingerprint density at radius 2 is 1.28 bits per heavy atom. The van der Waals surface area contributed by atoms with E-state index in [0.717, 1.165) is 93.3 Å². The average Bonchev–Trinajstić information content (AvgIpc) is 3.92. The fourth-order valence-electron chi connectivity index (χ4n) is 7.24. The minimum atomic E-state index is 0.690. The summed E-state index contributed by atoms with van der Waals surface area (Å²) in [6.45, 7) is 6.72. The molecular formula is C46H29N5OS. The van der Waals surface area contributed by atoms with Gasteiger partial charge in [-0.3, -0.25) is 4.40 Å². The van der Waals surface area contributed by atoms with Crippen LogP contribution in [0.5, 0.6) is 0 Å². The van der Waals surface area contributed by atoms with Crippen molar-refractivity contribution in [3.05, 3.63) is 165 Å². The number of hydrogen-bond acceptors (Lipinski definition) is 6. The van der Waals surface area contributed by atoms with E-state index in [1.165, 1.54) is 4.70 Å². The van der Waals surface area contributed by atoms with Gasteiger partial charge >= 0.3 is 0 Å². The monoisotopic (exact) mass is 699 g/mol. The average molecular weight is 700 g/mol. The first-order valence-corrected chi connectivity index (χ1v) is 18.1. The highest BCUT2D eigenvalue weighted by molar-refractivity contribution is 7.26. The minimum Gasteiger partial charge on any atom is -0.455 e. The van der Waals surface area contributed by atoms with E-state index in [4.69, 9.17) is 24.4 Å². The molecule has 53 heavy (non-hydrogen) atoms. The summed E-state index contributed by atoms with van der Waals surface area (Å²) in [5, 5.41) is 4.15. The van der Waals surface area contributed by atoms with Gasteiger partial charge in [0.15, 0.2) is 5.82 Å². The molecule has 5 heterocycles. The second kappa shape index (κ2) is 12.4. The largest absolute Gasteiger partial charge is 0.455 e. The van der Waals surface area contributed by atoms with Crippen molar-refractivity contribution < 1.29 is 4.42 Å². The first-order valence-electron chi connectivity index (χ1n) is 17.3. The van der Waals surface area contributed by atoms with E-state index >= 15 is 0 Å². The lowest BCUT2D eigenvalue weighted by atomic mass is 10.0. The van der Waals surface area contributed by atoms with Gasteiger partial charge in [0.1, 0.15) is 22.6 Å². The first kappa shape index (κ1) is 30.8. The molecule has 0 amide bonds. The van der Waals surface area contributed by atoms with Gasteiger partial charge in [0.2, 0.25) is 0 Å². The van der Waals surface area contributed by atoms with Crippen LogP contribution in [0.25, 0.3) is 104 Å². The van der Waals surface area contributed by atoms with Crippen LogP contribution in [0.15, 0.2) is 169 Å². The van der Waals surface area contributed by atoms with Crippen molar-refractivity contribution in [2.45, 2.75) is 0 Å². The van der Waals surface area contributed by atoms with E-state index in [9.17, 15) is 0 Å².